The zero-order valence-electron chi connectivity index (χ0n) is 14.0. The molecule has 2 rings (SSSR count). The molecule has 2 unspecified atom stereocenters. The van der Waals surface area contributed by atoms with E-state index in [4.69, 9.17) is 4.74 Å². The van der Waals surface area contributed by atoms with Gasteiger partial charge in [-0.2, -0.15) is 0 Å². The Morgan fingerprint density at radius 3 is 2.41 bits per heavy atom. The highest BCUT2D eigenvalue weighted by Gasteiger charge is 2.30. The van der Waals surface area contributed by atoms with E-state index in [1.165, 1.54) is 0 Å². The van der Waals surface area contributed by atoms with Crippen LogP contribution in [0.1, 0.15) is 33.6 Å². The Hall–Kier alpha value is -1.14. The van der Waals surface area contributed by atoms with Gasteiger partial charge in [0.15, 0.2) is 0 Å². The van der Waals surface area contributed by atoms with E-state index in [-0.39, 0.29) is 24.0 Å². The van der Waals surface area contributed by atoms with Crippen LogP contribution in [0.2, 0.25) is 0 Å². The second-order valence-corrected chi connectivity index (χ2v) is 6.70. The molecule has 0 aromatic rings. The number of rotatable bonds is 5. The summed E-state index contributed by atoms with van der Waals surface area (Å²) in [7, 11) is 0. The van der Waals surface area contributed by atoms with Crippen LogP contribution in [0.15, 0.2) is 0 Å². The summed E-state index contributed by atoms with van der Waals surface area (Å²) in [4.78, 5) is 28.2. The Labute approximate surface area is 133 Å². The van der Waals surface area contributed by atoms with Gasteiger partial charge in [-0.05, 0) is 25.7 Å². The minimum Gasteiger partial charge on any atom is -0.368 e. The third-order valence-electron chi connectivity index (χ3n) is 4.64. The van der Waals surface area contributed by atoms with Crippen molar-refractivity contribution < 1.29 is 14.3 Å². The van der Waals surface area contributed by atoms with Gasteiger partial charge in [0.1, 0.15) is 6.10 Å². The fraction of sp³-hybridized carbons (Fsp3) is 0.875. The number of hydrogen-bond donors (Lipinski definition) is 1. The fourth-order valence-corrected chi connectivity index (χ4v) is 2.77. The average molecular weight is 311 g/mol. The van der Waals surface area contributed by atoms with Crippen LogP contribution in [0.3, 0.4) is 0 Å². The van der Waals surface area contributed by atoms with Gasteiger partial charge in [0, 0.05) is 38.8 Å². The summed E-state index contributed by atoms with van der Waals surface area (Å²) in [6, 6.07) is 0.190. The number of carbonyl (C=O) groups excluding carboxylic acids is 2. The molecular formula is C16H29N3O3. The molecule has 0 spiro atoms. The fourth-order valence-electron chi connectivity index (χ4n) is 2.77. The van der Waals surface area contributed by atoms with E-state index in [0.717, 1.165) is 25.9 Å². The number of ether oxygens (including phenoxy) is 1. The number of piperazine rings is 1. The summed E-state index contributed by atoms with van der Waals surface area (Å²) >= 11 is 0. The molecule has 2 saturated heterocycles. The zero-order valence-corrected chi connectivity index (χ0v) is 14.0. The standard InChI is InChI=1S/C16H29N3O3/c1-12(2)13(3)17-15(20)11-18-6-8-19(9-7-18)16(21)14-5-4-10-22-14/h12-14H,4-11H2,1-3H3,(H,17,20). The van der Waals surface area contributed by atoms with Crippen LogP contribution in [0.25, 0.3) is 0 Å². The molecule has 22 heavy (non-hydrogen) atoms. The molecule has 0 aliphatic carbocycles. The summed E-state index contributed by atoms with van der Waals surface area (Å²) in [6.45, 7) is 10.2. The van der Waals surface area contributed by atoms with Crippen molar-refractivity contribution in [1.29, 1.82) is 0 Å². The van der Waals surface area contributed by atoms with Crippen LogP contribution in [0, 0.1) is 5.92 Å². The van der Waals surface area contributed by atoms with Gasteiger partial charge in [-0.1, -0.05) is 13.8 Å². The van der Waals surface area contributed by atoms with E-state index in [0.29, 0.717) is 32.2 Å². The quantitative estimate of drug-likeness (QED) is 0.802. The SMILES string of the molecule is CC(C)C(C)NC(=O)CN1CCN(C(=O)C2CCCO2)CC1. The smallest absolute Gasteiger partial charge is 0.251 e. The molecular weight excluding hydrogens is 282 g/mol. The van der Waals surface area contributed by atoms with Crippen molar-refractivity contribution in [3.63, 3.8) is 0 Å². The third-order valence-corrected chi connectivity index (χ3v) is 4.64. The molecule has 126 valence electrons. The molecule has 2 aliphatic heterocycles. The van der Waals surface area contributed by atoms with Crippen LogP contribution >= 0.6 is 0 Å². The lowest BCUT2D eigenvalue weighted by molar-refractivity contribution is -0.142. The molecule has 2 atom stereocenters. The summed E-state index contributed by atoms with van der Waals surface area (Å²) in [5, 5.41) is 3.02. The Balaban J connectivity index is 1.70. The maximum Gasteiger partial charge on any atom is 0.251 e. The van der Waals surface area contributed by atoms with Crippen molar-refractivity contribution in [2.45, 2.75) is 45.8 Å². The molecule has 0 aromatic heterocycles. The summed E-state index contributed by atoms with van der Waals surface area (Å²) in [5.74, 6) is 0.625. The minimum absolute atomic E-state index is 0.0695. The monoisotopic (exact) mass is 311 g/mol. The zero-order chi connectivity index (χ0) is 16.1. The lowest BCUT2D eigenvalue weighted by Gasteiger charge is -2.35. The van der Waals surface area contributed by atoms with Gasteiger partial charge in [-0.15, -0.1) is 0 Å². The first kappa shape index (κ1) is 17.2. The molecule has 2 aliphatic rings. The molecule has 0 saturated carbocycles. The Morgan fingerprint density at radius 2 is 1.86 bits per heavy atom. The van der Waals surface area contributed by atoms with Gasteiger partial charge in [0.2, 0.25) is 5.91 Å². The highest BCUT2D eigenvalue weighted by atomic mass is 16.5. The minimum atomic E-state index is -0.234. The van der Waals surface area contributed by atoms with Crippen molar-refractivity contribution >= 4 is 11.8 Å². The first-order valence-corrected chi connectivity index (χ1v) is 8.39. The number of nitrogens with one attached hydrogen (secondary N) is 1. The maximum atomic E-state index is 12.3. The molecule has 0 radical (unpaired) electrons. The maximum absolute atomic E-state index is 12.3. The highest BCUT2D eigenvalue weighted by molar-refractivity contribution is 5.81. The van der Waals surface area contributed by atoms with Crippen molar-refractivity contribution in [2.75, 3.05) is 39.3 Å². The van der Waals surface area contributed by atoms with Gasteiger partial charge in [0.05, 0.1) is 6.54 Å². The molecule has 6 nitrogen and oxygen atoms in total. The molecule has 2 heterocycles. The predicted octanol–water partition coefficient (Wildman–Crippen LogP) is 0.470. The molecule has 6 heteroatoms. The molecule has 0 bridgehead atoms. The van der Waals surface area contributed by atoms with Gasteiger partial charge >= 0.3 is 0 Å². The van der Waals surface area contributed by atoms with Crippen LogP contribution < -0.4 is 5.32 Å². The van der Waals surface area contributed by atoms with E-state index in [1.54, 1.807) is 0 Å². The second-order valence-electron chi connectivity index (χ2n) is 6.70. The largest absolute Gasteiger partial charge is 0.368 e. The van der Waals surface area contributed by atoms with Crippen LogP contribution in [-0.4, -0.2) is 73.1 Å². The highest BCUT2D eigenvalue weighted by Crippen LogP contribution is 2.15. The van der Waals surface area contributed by atoms with Crippen molar-refractivity contribution in [3.8, 4) is 0 Å². The van der Waals surface area contributed by atoms with E-state index >= 15 is 0 Å². The number of amides is 2. The van der Waals surface area contributed by atoms with E-state index in [1.807, 2.05) is 11.8 Å². The van der Waals surface area contributed by atoms with E-state index < -0.39 is 0 Å². The average Bonchev–Trinajstić information content (AvgIpc) is 3.01. The first-order valence-electron chi connectivity index (χ1n) is 8.39. The van der Waals surface area contributed by atoms with Gasteiger partial charge in [0.25, 0.3) is 5.91 Å². The third kappa shape index (κ3) is 4.68. The Kier molecular flexibility index (Phi) is 6.20. The van der Waals surface area contributed by atoms with Crippen molar-refractivity contribution in [3.05, 3.63) is 0 Å². The number of nitrogens with zero attached hydrogens (tertiary/aromatic N) is 2. The predicted molar refractivity (Wildman–Crippen MR) is 84.4 cm³/mol. The first-order chi connectivity index (χ1) is 10.5. The summed E-state index contributed by atoms with van der Waals surface area (Å²) < 4.78 is 5.46. The molecule has 2 fully saturated rings. The topological polar surface area (TPSA) is 61.9 Å². The summed E-state index contributed by atoms with van der Waals surface area (Å²) in [6.07, 6.45) is 1.58. The molecule has 0 aromatic carbocycles. The van der Waals surface area contributed by atoms with E-state index in [9.17, 15) is 9.59 Å². The Morgan fingerprint density at radius 1 is 1.18 bits per heavy atom. The number of hydrogen-bond acceptors (Lipinski definition) is 4. The lowest BCUT2D eigenvalue weighted by Crippen LogP contribution is -2.53. The normalized spacial score (nSPS) is 24.5. The van der Waals surface area contributed by atoms with Crippen molar-refractivity contribution in [2.24, 2.45) is 5.92 Å². The van der Waals surface area contributed by atoms with Crippen LogP contribution in [0.4, 0.5) is 0 Å². The van der Waals surface area contributed by atoms with Crippen LogP contribution in [-0.2, 0) is 14.3 Å². The number of carbonyl (C=O) groups is 2. The molecule has 1 N–H and O–H groups in total. The van der Waals surface area contributed by atoms with E-state index in [2.05, 4.69) is 24.1 Å². The van der Waals surface area contributed by atoms with Gasteiger partial charge in [-0.3, -0.25) is 14.5 Å². The van der Waals surface area contributed by atoms with Gasteiger partial charge < -0.3 is 15.0 Å². The van der Waals surface area contributed by atoms with Crippen molar-refractivity contribution in [1.82, 2.24) is 15.1 Å². The van der Waals surface area contributed by atoms with Gasteiger partial charge in [-0.25, -0.2) is 0 Å². The second kappa shape index (κ2) is 7.92. The summed E-state index contributed by atoms with van der Waals surface area (Å²) in [5.41, 5.74) is 0. The van der Waals surface area contributed by atoms with Crippen LogP contribution in [0.5, 0.6) is 0 Å². The molecule has 2 amide bonds. The Bertz CT molecular complexity index is 386. The lowest BCUT2D eigenvalue weighted by atomic mass is 10.1.